The van der Waals surface area contributed by atoms with Crippen molar-refractivity contribution in [3.63, 3.8) is 0 Å². The van der Waals surface area contributed by atoms with E-state index in [-0.39, 0.29) is 36.4 Å². The zero-order chi connectivity index (χ0) is 18.5. The molecule has 6 nitrogen and oxygen atoms in total. The number of hydrogen-bond donors (Lipinski definition) is 2. The van der Waals surface area contributed by atoms with Crippen LogP contribution in [0.15, 0.2) is 4.99 Å². The number of halogens is 1. The van der Waals surface area contributed by atoms with Gasteiger partial charge in [-0.1, -0.05) is 19.3 Å². The van der Waals surface area contributed by atoms with E-state index in [0.717, 1.165) is 37.4 Å². The van der Waals surface area contributed by atoms with Gasteiger partial charge in [0, 0.05) is 45.3 Å². The first-order chi connectivity index (χ1) is 12.5. The van der Waals surface area contributed by atoms with Crippen molar-refractivity contribution in [2.75, 3.05) is 33.7 Å². The predicted octanol–water partition coefficient (Wildman–Crippen LogP) is 2.43. The smallest absolute Gasteiger partial charge is 0.243 e. The van der Waals surface area contributed by atoms with E-state index in [1.165, 1.54) is 44.9 Å². The van der Waals surface area contributed by atoms with Crippen molar-refractivity contribution in [2.45, 2.75) is 76.4 Å². The van der Waals surface area contributed by atoms with Gasteiger partial charge in [-0.3, -0.25) is 9.69 Å². The zero-order valence-corrected chi connectivity index (χ0v) is 19.6. The van der Waals surface area contributed by atoms with E-state index in [2.05, 4.69) is 27.4 Å². The van der Waals surface area contributed by atoms with Crippen LogP contribution >= 0.6 is 24.0 Å². The molecule has 0 bridgehead atoms. The van der Waals surface area contributed by atoms with Gasteiger partial charge in [-0.25, -0.2) is 4.99 Å². The number of nitrogens with one attached hydrogen (secondary N) is 2. The van der Waals surface area contributed by atoms with Gasteiger partial charge in [-0.2, -0.15) is 0 Å². The second kappa shape index (κ2) is 10.8. The molecule has 156 valence electrons. The summed E-state index contributed by atoms with van der Waals surface area (Å²) in [5.74, 6) is 1.61. The molecule has 2 aliphatic carbocycles. The Bertz CT molecular complexity index is 503. The fourth-order valence-corrected chi connectivity index (χ4v) is 4.34. The first-order valence-corrected chi connectivity index (χ1v) is 10.5. The second-order valence-corrected chi connectivity index (χ2v) is 8.69. The Morgan fingerprint density at radius 3 is 2.48 bits per heavy atom. The number of aliphatic imine (C=N–C) groups is 1. The molecule has 2 N–H and O–H groups in total. The lowest BCUT2D eigenvalue weighted by Crippen LogP contribution is -2.46. The number of hydrogen-bond acceptors (Lipinski definition) is 3. The molecule has 3 fully saturated rings. The number of amides is 1. The number of carbonyl (C=O) groups excluding carboxylic acids is 1. The summed E-state index contributed by atoms with van der Waals surface area (Å²) in [6.45, 7) is 4.61. The molecule has 0 spiro atoms. The van der Waals surface area contributed by atoms with Crippen LogP contribution in [0.1, 0.15) is 58.3 Å². The number of rotatable bonds is 6. The van der Waals surface area contributed by atoms with Gasteiger partial charge in [-0.15, -0.1) is 24.0 Å². The largest absolute Gasteiger partial charge is 0.356 e. The van der Waals surface area contributed by atoms with E-state index >= 15 is 0 Å². The van der Waals surface area contributed by atoms with Crippen LogP contribution in [0.3, 0.4) is 0 Å². The summed E-state index contributed by atoms with van der Waals surface area (Å²) in [6.07, 6.45) is 10.6. The highest BCUT2D eigenvalue weighted by molar-refractivity contribution is 14.0. The summed E-state index contributed by atoms with van der Waals surface area (Å²) in [5.41, 5.74) is 0. The Balaban J connectivity index is 0.00000261. The molecule has 1 amide bonds. The van der Waals surface area contributed by atoms with Crippen molar-refractivity contribution in [1.82, 2.24) is 20.4 Å². The lowest BCUT2D eigenvalue weighted by molar-refractivity contribution is -0.127. The Hall–Kier alpha value is -0.570. The minimum atomic E-state index is 0. The number of nitrogens with zero attached hydrogens (tertiary/aromatic N) is 3. The SMILES string of the molecule is CC1CC(NC(=NCC(=O)N(C)C)NCC2CCCCC2)CN1C1CC1.I. The van der Waals surface area contributed by atoms with Gasteiger partial charge in [-0.05, 0) is 44.9 Å². The normalized spacial score (nSPS) is 27.1. The van der Waals surface area contributed by atoms with Crippen LogP contribution in [0, 0.1) is 5.92 Å². The Labute approximate surface area is 181 Å². The average molecular weight is 491 g/mol. The average Bonchev–Trinajstić information content (AvgIpc) is 3.41. The summed E-state index contributed by atoms with van der Waals surface area (Å²) in [4.78, 5) is 20.8. The monoisotopic (exact) mass is 491 g/mol. The molecule has 0 aromatic rings. The van der Waals surface area contributed by atoms with Crippen LogP contribution in [0.5, 0.6) is 0 Å². The second-order valence-electron chi connectivity index (χ2n) is 8.69. The molecule has 1 aliphatic heterocycles. The molecule has 3 rings (SSSR count). The van der Waals surface area contributed by atoms with E-state index in [1.54, 1.807) is 19.0 Å². The third-order valence-electron chi connectivity index (χ3n) is 6.13. The molecule has 2 unspecified atom stereocenters. The molecule has 0 aromatic carbocycles. The topological polar surface area (TPSA) is 60.0 Å². The molecular formula is C20H38IN5O. The summed E-state index contributed by atoms with van der Waals surface area (Å²) in [5, 5.41) is 7.15. The Morgan fingerprint density at radius 2 is 1.85 bits per heavy atom. The maximum atomic E-state index is 11.9. The maximum Gasteiger partial charge on any atom is 0.243 e. The Kier molecular flexibility index (Phi) is 9.11. The van der Waals surface area contributed by atoms with Gasteiger partial charge in [0.2, 0.25) is 5.91 Å². The highest BCUT2D eigenvalue weighted by Gasteiger charge is 2.39. The summed E-state index contributed by atoms with van der Waals surface area (Å²) < 4.78 is 0. The first-order valence-electron chi connectivity index (χ1n) is 10.5. The quantitative estimate of drug-likeness (QED) is 0.341. The molecule has 7 heteroatoms. The van der Waals surface area contributed by atoms with E-state index in [0.29, 0.717) is 12.1 Å². The van der Waals surface area contributed by atoms with Crippen LogP contribution in [-0.4, -0.2) is 73.5 Å². The van der Waals surface area contributed by atoms with Gasteiger partial charge in [0.25, 0.3) is 0 Å². The van der Waals surface area contributed by atoms with Gasteiger partial charge in [0.15, 0.2) is 5.96 Å². The van der Waals surface area contributed by atoms with Crippen LogP contribution in [0.2, 0.25) is 0 Å². The zero-order valence-electron chi connectivity index (χ0n) is 17.2. The lowest BCUT2D eigenvalue weighted by Gasteiger charge is -2.24. The predicted molar refractivity (Wildman–Crippen MR) is 122 cm³/mol. The van der Waals surface area contributed by atoms with Crippen molar-refractivity contribution in [3.05, 3.63) is 0 Å². The van der Waals surface area contributed by atoms with E-state index in [1.807, 2.05) is 0 Å². The molecule has 1 heterocycles. The van der Waals surface area contributed by atoms with Crippen molar-refractivity contribution >= 4 is 35.8 Å². The minimum Gasteiger partial charge on any atom is -0.356 e. The Morgan fingerprint density at radius 1 is 1.15 bits per heavy atom. The molecule has 27 heavy (non-hydrogen) atoms. The van der Waals surface area contributed by atoms with Gasteiger partial charge >= 0.3 is 0 Å². The molecule has 0 radical (unpaired) electrons. The highest BCUT2D eigenvalue weighted by Crippen LogP contribution is 2.33. The van der Waals surface area contributed by atoms with Crippen LogP contribution in [0.25, 0.3) is 0 Å². The van der Waals surface area contributed by atoms with Gasteiger partial charge < -0.3 is 15.5 Å². The van der Waals surface area contributed by atoms with E-state index in [9.17, 15) is 4.79 Å². The van der Waals surface area contributed by atoms with Crippen molar-refractivity contribution < 1.29 is 4.79 Å². The molecule has 0 aromatic heterocycles. The molecule has 3 aliphatic rings. The fraction of sp³-hybridized carbons (Fsp3) is 0.900. The van der Waals surface area contributed by atoms with Crippen LogP contribution in [0.4, 0.5) is 0 Å². The van der Waals surface area contributed by atoms with Gasteiger partial charge in [0.05, 0.1) is 0 Å². The number of guanidine groups is 1. The first kappa shape index (κ1) is 22.7. The number of carbonyl (C=O) groups is 1. The summed E-state index contributed by atoms with van der Waals surface area (Å²) >= 11 is 0. The lowest BCUT2D eigenvalue weighted by atomic mass is 9.89. The molecule has 1 saturated heterocycles. The fourth-order valence-electron chi connectivity index (χ4n) is 4.34. The third kappa shape index (κ3) is 7.07. The standard InChI is InChI=1S/C20H37N5O.HI/c1-15-11-17(14-25(15)18-9-10-18)23-20(22-13-19(26)24(2)3)21-12-16-7-5-4-6-8-16;/h15-18H,4-14H2,1-3H3,(H2,21,22,23);1H. The van der Waals surface area contributed by atoms with Gasteiger partial charge in [0.1, 0.15) is 6.54 Å². The molecule has 2 saturated carbocycles. The minimum absolute atomic E-state index is 0. The summed E-state index contributed by atoms with van der Waals surface area (Å²) in [6, 6.07) is 1.88. The summed E-state index contributed by atoms with van der Waals surface area (Å²) in [7, 11) is 3.57. The highest BCUT2D eigenvalue weighted by atomic mass is 127. The van der Waals surface area contributed by atoms with E-state index < -0.39 is 0 Å². The number of likely N-dealkylation sites (N-methyl/N-ethyl adjacent to an activating group) is 1. The molecule has 2 atom stereocenters. The van der Waals surface area contributed by atoms with Crippen LogP contribution in [-0.2, 0) is 4.79 Å². The maximum absolute atomic E-state index is 11.9. The third-order valence-corrected chi connectivity index (χ3v) is 6.13. The van der Waals surface area contributed by atoms with Crippen molar-refractivity contribution in [3.8, 4) is 0 Å². The van der Waals surface area contributed by atoms with Crippen molar-refractivity contribution in [1.29, 1.82) is 0 Å². The van der Waals surface area contributed by atoms with Crippen molar-refractivity contribution in [2.24, 2.45) is 10.9 Å². The molecular weight excluding hydrogens is 453 g/mol. The van der Waals surface area contributed by atoms with Crippen LogP contribution < -0.4 is 10.6 Å². The van der Waals surface area contributed by atoms with E-state index in [4.69, 9.17) is 0 Å². The number of likely N-dealkylation sites (tertiary alicyclic amines) is 1.